The van der Waals surface area contributed by atoms with Crippen LogP contribution in [0.25, 0.3) is 22.6 Å². The minimum Gasteiger partial charge on any atom is -0.326 e. The Balaban J connectivity index is 1.60. The highest BCUT2D eigenvalue weighted by atomic mass is 32.1. The van der Waals surface area contributed by atoms with E-state index in [2.05, 4.69) is 144 Å². The molecule has 3 nitrogen and oxygen atoms in total. The molecule has 0 radical (unpaired) electrons. The summed E-state index contributed by atoms with van der Waals surface area (Å²) in [4.78, 5) is 8.83. The SMILES string of the molecule is CCCCn1c(-c2ccccc2)nc(-c2ccccc2)c1CN(Cc1ccccc1)Cc1ccc(S)cc1. The lowest BCUT2D eigenvalue weighted by molar-refractivity contribution is 0.241. The molecule has 0 amide bonds. The van der Waals surface area contributed by atoms with E-state index in [1.165, 1.54) is 16.8 Å². The van der Waals surface area contributed by atoms with Crippen LogP contribution >= 0.6 is 12.6 Å². The largest absolute Gasteiger partial charge is 0.326 e. The molecule has 0 saturated carbocycles. The van der Waals surface area contributed by atoms with E-state index in [1.54, 1.807) is 0 Å². The Kier molecular flexibility index (Phi) is 8.75. The van der Waals surface area contributed by atoms with Gasteiger partial charge >= 0.3 is 0 Å². The molecule has 0 fully saturated rings. The summed E-state index contributed by atoms with van der Waals surface area (Å²) in [6, 6.07) is 40.5. The van der Waals surface area contributed by atoms with E-state index >= 15 is 0 Å². The molecule has 0 saturated heterocycles. The summed E-state index contributed by atoms with van der Waals surface area (Å²) in [5.74, 6) is 1.05. The molecule has 0 spiro atoms. The fraction of sp³-hybridized carbons (Fsp3) is 0.206. The predicted octanol–water partition coefficient (Wildman–Crippen LogP) is 8.51. The summed E-state index contributed by atoms with van der Waals surface area (Å²) in [5.41, 5.74) is 7.25. The van der Waals surface area contributed by atoms with Gasteiger partial charge in [0.15, 0.2) is 0 Å². The highest BCUT2D eigenvalue weighted by molar-refractivity contribution is 7.80. The van der Waals surface area contributed by atoms with Crippen molar-refractivity contribution in [2.24, 2.45) is 0 Å². The van der Waals surface area contributed by atoms with Crippen LogP contribution in [0.15, 0.2) is 120 Å². The monoisotopic (exact) mass is 517 g/mol. The van der Waals surface area contributed by atoms with Crippen molar-refractivity contribution in [1.82, 2.24) is 14.5 Å². The van der Waals surface area contributed by atoms with Gasteiger partial charge < -0.3 is 4.57 Å². The molecule has 38 heavy (non-hydrogen) atoms. The van der Waals surface area contributed by atoms with Crippen LogP contribution < -0.4 is 0 Å². The second kappa shape index (κ2) is 12.8. The molecular formula is C34H35N3S. The Hall–Kier alpha value is -3.60. The Labute approximate surface area is 232 Å². The maximum absolute atomic E-state index is 5.31. The minimum absolute atomic E-state index is 0.797. The van der Waals surface area contributed by atoms with Crippen LogP contribution in [-0.4, -0.2) is 14.5 Å². The second-order valence-corrected chi connectivity index (χ2v) is 10.3. The first-order chi connectivity index (χ1) is 18.7. The lowest BCUT2D eigenvalue weighted by Crippen LogP contribution is -2.24. The van der Waals surface area contributed by atoms with Gasteiger partial charge in [0, 0.05) is 42.2 Å². The van der Waals surface area contributed by atoms with Crippen molar-refractivity contribution in [2.75, 3.05) is 0 Å². The predicted molar refractivity (Wildman–Crippen MR) is 161 cm³/mol. The molecule has 1 aromatic heterocycles. The van der Waals surface area contributed by atoms with Crippen molar-refractivity contribution in [3.05, 3.63) is 132 Å². The van der Waals surface area contributed by atoms with E-state index in [1.807, 2.05) is 0 Å². The molecule has 0 atom stereocenters. The topological polar surface area (TPSA) is 21.1 Å². The highest BCUT2D eigenvalue weighted by Crippen LogP contribution is 2.31. The maximum atomic E-state index is 5.31. The van der Waals surface area contributed by atoms with Gasteiger partial charge in [-0.2, -0.15) is 0 Å². The molecule has 5 rings (SSSR count). The first-order valence-corrected chi connectivity index (χ1v) is 13.9. The molecule has 0 aliphatic rings. The lowest BCUT2D eigenvalue weighted by Gasteiger charge is -2.24. The zero-order valence-corrected chi connectivity index (χ0v) is 22.9. The fourth-order valence-corrected chi connectivity index (χ4v) is 5.07. The minimum atomic E-state index is 0.797. The van der Waals surface area contributed by atoms with Gasteiger partial charge in [-0.15, -0.1) is 12.6 Å². The molecule has 4 aromatic carbocycles. The fourth-order valence-electron chi connectivity index (χ4n) is 4.92. The summed E-state index contributed by atoms with van der Waals surface area (Å²) < 4.78 is 2.47. The summed E-state index contributed by atoms with van der Waals surface area (Å²) in [5, 5.41) is 0. The Bertz CT molecular complexity index is 1410. The third-order valence-electron chi connectivity index (χ3n) is 6.85. The van der Waals surface area contributed by atoms with Crippen LogP contribution in [0.4, 0.5) is 0 Å². The third-order valence-corrected chi connectivity index (χ3v) is 7.15. The number of thiol groups is 1. The number of aromatic nitrogens is 2. The van der Waals surface area contributed by atoms with Crippen LogP contribution in [0.3, 0.4) is 0 Å². The average Bonchev–Trinajstić information content (AvgIpc) is 3.32. The zero-order chi connectivity index (χ0) is 26.2. The molecule has 0 aliphatic heterocycles. The van der Waals surface area contributed by atoms with Crippen LogP contribution in [0.2, 0.25) is 0 Å². The quantitative estimate of drug-likeness (QED) is 0.177. The van der Waals surface area contributed by atoms with Gasteiger partial charge in [-0.1, -0.05) is 116 Å². The number of nitrogens with zero attached hydrogens (tertiary/aromatic N) is 3. The van der Waals surface area contributed by atoms with E-state index in [0.29, 0.717) is 0 Å². The van der Waals surface area contributed by atoms with Gasteiger partial charge in [0.1, 0.15) is 5.82 Å². The molecule has 0 bridgehead atoms. The van der Waals surface area contributed by atoms with Gasteiger partial charge in [-0.05, 0) is 29.7 Å². The molecule has 4 heteroatoms. The summed E-state index contributed by atoms with van der Waals surface area (Å²) in [7, 11) is 0. The van der Waals surface area contributed by atoms with E-state index in [0.717, 1.165) is 66.6 Å². The highest BCUT2D eigenvalue weighted by Gasteiger charge is 2.22. The van der Waals surface area contributed by atoms with Crippen molar-refractivity contribution in [1.29, 1.82) is 0 Å². The van der Waals surface area contributed by atoms with E-state index in [4.69, 9.17) is 4.98 Å². The molecule has 0 unspecified atom stereocenters. The zero-order valence-electron chi connectivity index (χ0n) is 22.0. The van der Waals surface area contributed by atoms with Crippen molar-refractivity contribution >= 4 is 12.6 Å². The number of hydrogen-bond acceptors (Lipinski definition) is 3. The van der Waals surface area contributed by atoms with Gasteiger partial charge in [-0.25, -0.2) is 4.98 Å². The third kappa shape index (κ3) is 6.45. The summed E-state index contributed by atoms with van der Waals surface area (Å²) in [6.07, 6.45) is 2.25. The maximum Gasteiger partial charge on any atom is 0.140 e. The smallest absolute Gasteiger partial charge is 0.140 e. The summed E-state index contributed by atoms with van der Waals surface area (Å²) in [6.45, 7) is 5.70. The second-order valence-electron chi connectivity index (χ2n) is 9.77. The molecular weight excluding hydrogens is 482 g/mol. The Morgan fingerprint density at radius 3 is 1.82 bits per heavy atom. The van der Waals surface area contributed by atoms with E-state index in [9.17, 15) is 0 Å². The van der Waals surface area contributed by atoms with Crippen LogP contribution in [0.1, 0.15) is 36.6 Å². The van der Waals surface area contributed by atoms with Crippen molar-refractivity contribution in [3.8, 4) is 22.6 Å². The number of hydrogen-bond donors (Lipinski definition) is 1. The number of imidazole rings is 1. The van der Waals surface area contributed by atoms with Crippen LogP contribution in [0.5, 0.6) is 0 Å². The van der Waals surface area contributed by atoms with Gasteiger partial charge in [0.25, 0.3) is 0 Å². The van der Waals surface area contributed by atoms with Crippen LogP contribution in [-0.2, 0) is 26.2 Å². The first-order valence-electron chi connectivity index (χ1n) is 13.5. The van der Waals surface area contributed by atoms with Gasteiger partial charge in [-0.3, -0.25) is 4.90 Å². The van der Waals surface area contributed by atoms with Crippen molar-refractivity contribution in [3.63, 3.8) is 0 Å². The average molecular weight is 518 g/mol. The van der Waals surface area contributed by atoms with E-state index < -0.39 is 0 Å². The molecule has 0 N–H and O–H groups in total. The number of benzene rings is 4. The number of unbranched alkanes of at least 4 members (excludes halogenated alkanes) is 1. The van der Waals surface area contributed by atoms with E-state index in [-0.39, 0.29) is 0 Å². The van der Waals surface area contributed by atoms with Crippen molar-refractivity contribution in [2.45, 2.75) is 50.8 Å². The lowest BCUT2D eigenvalue weighted by atomic mass is 10.1. The van der Waals surface area contributed by atoms with Crippen LogP contribution in [0, 0.1) is 0 Å². The molecule has 5 aromatic rings. The number of rotatable bonds is 11. The Morgan fingerprint density at radius 2 is 1.21 bits per heavy atom. The first kappa shape index (κ1) is 26.0. The summed E-state index contributed by atoms with van der Waals surface area (Å²) >= 11 is 4.49. The normalized spacial score (nSPS) is 11.2. The standard InChI is InChI=1S/C34H35N3S/c1-2-3-23-37-32(33(29-15-9-5-10-16-29)35-34(37)30-17-11-6-12-18-30)26-36(24-27-13-7-4-8-14-27)25-28-19-21-31(38)22-20-28/h4-22,38H,2-3,23-26H2,1H3. The molecule has 1 heterocycles. The Morgan fingerprint density at radius 1 is 0.658 bits per heavy atom. The van der Waals surface area contributed by atoms with Gasteiger partial charge in [0.2, 0.25) is 0 Å². The van der Waals surface area contributed by atoms with Crippen molar-refractivity contribution < 1.29 is 0 Å². The molecule has 192 valence electrons. The van der Waals surface area contributed by atoms with Gasteiger partial charge in [0.05, 0.1) is 11.4 Å². The molecule has 0 aliphatic carbocycles.